The van der Waals surface area contributed by atoms with Gasteiger partial charge < -0.3 is 10.2 Å². The summed E-state index contributed by atoms with van der Waals surface area (Å²) in [6.45, 7) is -0.947. The fourth-order valence-corrected chi connectivity index (χ4v) is 2.99. The normalized spacial score (nSPS) is 15.2. The van der Waals surface area contributed by atoms with Crippen LogP contribution in [0.2, 0.25) is 0 Å². The molecule has 0 bridgehead atoms. The number of halogens is 3. The number of aliphatic hydroxyl groups excluding tert-OH is 2. The highest BCUT2D eigenvalue weighted by atomic mass is 19.4. The Kier molecular flexibility index (Phi) is 5.66. The maximum absolute atomic E-state index is 12.9. The SMILES string of the molecule is O=C1CC=C(c2ccc(C(F)(F)F)cc2)N(C(CO)CO)N1c1cccnc1. The molecule has 3 rings (SSSR count). The van der Waals surface area contributed by atoms with Crippen molar-refractivity contribution in [2.75, 3.05) is 18.2 Å². The van der Waals surface area contributed by atoms with Gasteiger partial charge in [-0.15, -0.1) is 0 Å². The summed E-state index contributed by atoms with van der Waals surface area (Å²) in [4.78, 5) is 16.6. The second kappa shape index (κ2) is 7.99. The van der Waals surface area contributed by atoms with Crippen LogP contribution in [0.4, 0.5) is 18.9 Å². The fraction of sp³-hybridized carbons (Fsp3) is 0.263. The number of carbonyl (C=O) groups excluding carboxylic acids is 1. The molecule has 0 aliphatic carbocycles. The number of alkyl halides is 3. The van der Waals surface area contributed by atoms with E-state index in [2.05, 4.69) is 4.98 Å². The van der Waals surface area contributed by atoms with E-state index in [9.17, 15) is 28.2 Å². The van der Waals surface area contributed by atoms with Crippen molar-refractivity contribution in [2.24, 2.45) is 0 Å². The minimum absolute atomic E-state index is 0.00528. The summed E-state index contributed by atoms with van der Waals surface area (Å²) < 4.78 is 38.6. The number of carbonyl (C=O) groups is 1. The van der Waals surface area contributed by atoms with Gasteiger partial charge in [0.2, 0.25) is 5.91 Å². The molecule has 0 fully saturated rings. The van der Waals surface area contributed by atoms with E-state index in [0.717, 1.165) is 12.1 Å². The van der Waals surface area contributed by atoms with Gasteiger partial charge in [0, 0.05) is 12.6 Å². The number of rotatable bonds is 5. The van der Waals surface area contributed by atoms with Gasteiger partial charge in [-0.1, -0.05) is 12.1 Å². The molecule has 0 saturated heterocycles. The predicted octanol–water partition coefficient (Wildman–Crippen LogP) is 2.45. The number of aliphatic hydroxyl groups is 2. The van der Waals surface area contributed by atoms with Crippen LogP contribution in [0, 0.1) is 0 Å². The van der Waals surface area contributed by atoms with E-state index in [4.69, 9.17) is 0 Å². The van der Waals surface area contributed by atoms with Crippen LogP contribution in [0.15, 0.2) is 54.9 Å². The Morgan fingerprint density at radius 1 is 1.11 bits per heavy atom. The second-order valence-electron chi connectivity index (χ2n) is 6.15. The number of pyridine rings is 1. The average molecular weight is 393 g/mol. The minimum atomic E-state index is -4.46. The summed E-state index contributed by atoms with van der Waals surface area (Å²) in [7, 11) is 0. The molecule has 6 nitrogen and oxygen atoms in total. The van der Waals surface area contributed by atoms with Crippen LogP contribution >= 0.6 is 0 Å². The molecule has 2 aromatic rings. The number of hydrogen-bond donors (Lipinski definition) is 2. The lowest BCUT2D eigenvalue weighted by atomic mass is 10.0. The van der Waals surface area contributed by atoms with Crippen molar-refractivity contribution in [3.8, 4) is 0 Å². The summed E-state index contributed by atoms with van der Waals surface area (Å²) in [5.74, 6) is -0.324. The van der Waals surface area contributed by atoms with Gasteiger partial charge in [-0.05, 0) is 35.9 Å². The molecule has 0 spiro atoms. The number of aromatic nitrogens is 1. The van der Waals surface area contributed by atoms with E-state index in [0.29, 0.717) is 16.9 Å². The summed E-state index contributed by atoms with van der Waals surface area (Å²) >= 11 is 0. The van der Waals surface area contributed by atoms with E-state index < -0.39 is 31.0 Å². The average Bonchev–Trinajstić information content (AvgIpc) is 2.69. The molecule has 1 amide bonds. The molecule has 0 unspecified atom stereocenters. The van der Waals surface area contributed by atoms with Gasteiger partial charge in [-0.3, -0.25) is 14.8 Å². The number of nitrogens with zero attached hydrogens (tertiary/aromatic N) is 3. The van der Waals surface area contributed by atoms with Gasteiger partial charge in [0.1, 0.15) is 0 Å². The Balaban J connectivity index is 2.07. The van der Waals surface area contributed by atoms with E-state index >= 15 is 0 Å². The molecule has 9 heteroatoms. The fourth-order valence-electron chi connectivity index (χ4n) is 2.99. The van der Waals surface area contributed by atoms with Gasteiger partial charge in [0.15, 0.2) is 0 Å². The van der Waals surface area contributed by atoms with Crippen molar-refractivity contribution in [3.63, 3.8) is 0 Å². The van der Waals surface area contributed by atoms with Crippen molar-refractivity contribution in [3.05, 3.63) is 66.0 Å². The number of benzene rings is 1. The molecule has 148 valence electrons. The van der Waals surface area contributed by atoms with Gasteiger partial charge in [0.25, 0.3) is 0 Å². The first kappa shape index (κ1) is 19.8. The van der Waals surface area contributed by atoms with Crippen LogP contribution in [0.25, 0.3) is 5.70 Å². The first-order chi connectivity index (χ1) is 13.4. The van der Waals surface area contributed by atoms with Crippen molar-refractivity contribution in [1.29, 1.82) is 0 Å². The predicted molar refractivity (Wildman–Crippen MR) is 95.6 cm³/mol. The number of amides is 1. The van der Waals surface area contributed by atoms with Crippen LogP contribution in [-0.4, -0.2) is 45.4 Å². The van der Waals surface area contributed by atoms with E-state index in [1.165, 1.54) is 34.5 Å². The number of hydrogen-bond acceptors (Lipinski definition) is 5. The first-order valence-corrected chi connectivity index (χ1v) is 8.48. The third kappa shape index (κ3) is 3.85. The van der Waals surface area contributed by atoms with Gasteiger partial charge in [0.05, 0.1) is 42.4 Å². The first-order valence-electron chi connectivity index (χ1n) is 8.48. The highest BCUT2D eigenvalue weighted by Gasteiger charge is 2.35. The van der Waals surface area contributed by atoms with Crippen LogP contribution < -0.4 is 5.01 Å². The molecule has 0 saturated carbocycles. The van der Waals surface area contributed by atoms with Crippen LogP contribution in [-0.2, 0) is 11.0 Å². The topological polar surface area (TPSA) is 76.9 Å². The molecular formula is C19H18F3N3O3. The Morgan fingerprint density at radius 3 is 2.32 bits per heavy atom. The molecule has 1 aromatic carbocycles. The van der Waals surface area contributed by atoms with E-state index in [1.54, 1.807) is 18.2 Å². The van der Waals surface area contributed by atoms with Crippen LogP contribution in [0.5, 0.6) is 0 Å². The van der Waals surface area contributed by atoms with Crippen molar-refractivity contribution in [2.45, 2.75) is 18.6 Å². The van der Waals surface area contributed by atoms with E-state index in [1.807, 2.05) is 0 Å². The molecule has 28 heavy (non-hydrogen) atoms. The molecule has 0 radical (unpaired) electrons. The van der Waals surface area contributed by atoms with Crippen LogP contribution in [0.3, 0.4) is 0 Å². The van der Waals surface area contributed by atoms with Crippen LogP contribution in [0.1, 0.15) is 17.5 Å². The van der Waals surface area contributed by atoms with Crippen molar-refractivity contribution >= 4 is 17.3 Å². The lowest BCUT2D eigenvalue weighted by molar-refractivity contribution is -0.137. The zero-order valence-corrected chi connectivity index (χ0v) is 14.7. The monoisotopic (exact) mass is 393 g/mol. The highest BCUT2D eigenvalue weighted by molar-refractivity contribution is 5.97. The van der Waals surface area contributed by atoms with Crippen molar-refractivity contribution < 1.29 is 28.2 Å². The zero-order chi connectivity index (χ0) is 20.3. The zero-order valence-electron chi connectivity index (χ0n) is 14.7. The third-order valence-corrected chi connectivity index (χ3v) is 4.33. The molecular weight excluding hydrogens is 375 g/mol. The number of anilines is 1. The maximum Gasteiger partial charge on any atom is 0.416 e. The lowest BCUT2D eigenvalue weighted by Crippen LogP contribution is -2.55. The quantitative estimate of drug-likeness (QED) is 0.816. The molecule has 1 aliphatic heterocycles. The summed E-state index contributed by atoms with van der Waals surface area (Å²) in [5.41, 5.74) is 0.448. The molecule has 1 aliphatic rings. The largest absolute Gasteiger partial charge is 0.416 e. The molecule has 1 aromatic heterocycles. The third-order valence-electron chi connectivity index (χ3n) is 4.33. The molecule has 2 N–H and O–H groups in total. The summed E-state index contributed by atoms with van der Waals surface area (Å²) in [6, 6.07) is 6.88. The molecule has 2 heterocycles. The van der Waals surface area contributed by atoms with Crippen molar-refractivity contribution in [1.82, 2.24) is 9.99 Å². The summed E-state index contributed by atoms with van der Waals surface area (Å²) in [6.07, 6.45) is 0.0912. The second-order valence-corrected chi connectivity index (χ2v) is 6.15. The minimum Gasteiger partial charge on any atom is -0.394 e. The highest BCUT2D eigenvalue weighted by Crippen LogP contribution is 2.34. The van der Waals surface area contributed by atoms with Gasteiger partial charge in [-0.2, -0.15) is 13.2 Å². The Morgan fingerprint density at radius 2 is 1.79 bits per heavy atom. The van der Waals surface area contributed by atoms with Gasteiger partial charge >= 0.3 is 6.18 Å². The Bertz CT molecular complexity index is 850. The Labute approximate surface area is 159 Å². The Hall–Kier alpha value is -2.91. The maximum atomic E-state index is 12.9. The smallest absolute Gasteiger partial charge is 0.394 e. The number of hydrazine groups is 1. The molecule has 0 atom stereocenters. The van der Waals surface area contributed by atoms with E-state index in [-0.39, 0.29) is 12.3 Å². The summed E-state index contributed by atoms with van der Waals surface area (Å²) in [5, 5.41) is 22.1. The lowest BCUT2D eigenvalue weighted by Gasteiger charge is -2.44. The van der Waals surface area contributed by atoms with Gasteiger partial charge in [-0.25, -0.2) is 5.01 Å². The standard InChI is InChI=1S/C19H18F3N3O3/c20-19(21,22)14-5-3-13(4-6-14)17-7-8-18(28)25(15-2-1-9-23-10-15)24(17)16(11-26)12-27/h1-7,9-10,16,26-27H,8,11-12H2.